The predicted molar refractivity (Wildman–Crippen MR) is 180 cm³/mol. The summed E-state index contributed by atoms with van der Waals surface area (Å²) in [5.74, 6) is -2.39. The average molecular weight is 678 g/mol. The molecule has 4 N–H and O–H groups in total. The van der Waals surface area contributed by atoms with E-state index in [2.05, 4.69) is 30.5 Å². The number of allylic oxidation sites excluding steroid dienone is 2. The number of hydrogen-bond acceptors (Lipinski definition) is 9. The van der Waals surface area contributed by atoms with Gasteiger partial charge in [-0.15, -0.1) is 0 Å². The van der Waals surface area contributed by atoms with Crippen molar-refractivity contribution in [2.24, 2.45) is 5.73 Å². The Kier molecular flexibility index (Phi) is 29.4. The lowest BCUT2D eigenvalue weighted by atomic mass is 10.1. The van der Waals surface area contributed by atoms with Crippen molar-refractivity contribution in [3.63, 3.8) is 0 Å². The van der Waals surface area contributed by atoms with Crippen LogP contribution in [-0.2, 0) is 37.5 Å². The van der Waals surface area contributed by atoms with Crippen molar-refractivity contribution >= 4 is 25.7 Å². The second-order valence-corrected chi connectivity index (χ2v) is 13.5. The van der Waals surface area contributed by atoms with Crippen molar-refractivity contribution in [3.8, 4) is 0 Å². The first-order valence-electron chi connectivity index (χ1n) is 17.7. The molecule has 3 atom stereocenters. The first-order chi connectivity index (χ1) is 22.1. The van der Waals surface area contributed by atoms with E-state index in [4.69, 9.17) is 24.8 Å². The largest absolute Gasteiger partial charge is 0.480 e. The van der Waals surface area contributed by atoms with E-state index in [1.165, 1.54) is 57.8 Å². The second-order valence-electron chi connectivity index (χ2n) is 12.0. The second kappa shape index (κ2) is 30.5. The van der Waals surface area contributed by atoms with Gasteiger partial charge in [0.1, 0.15) is 12.6 Å². The van der Waals surface area contributed by atoms with Crippen LogP contribution in [0.5, 0.6) is 0 Å². The number of carboxylic acids is 1. The van der Waals surface area contributed by atoms with E-state index in [0.29, 0.717) is 12.8 Å². The highest BCUT2D eigenvalue weighted by molar-refractivity contribution is 7.47. The number of aliphatic carboxylic acids is 1. The number of esters is 2. The maximum absolute atomic E-state index is 12.5. The van der Waals surface area contributed by atoms with Crippen molar-refractivity contribution in [3.05, 3.63) is 12.2 Å². The van der Waals surface area contributed by atoms with E-state index >= 15 is 0 Å². The van der Waals surface area contributed by atoms with Crippen molar-refractivity contribution in [2.75, 3.05) is 19.8 Å². The molecule has 0 radical (unpaired) electrons. The van der Waals surface area contributed by atoms with Gasteiger partial charge in [-0.25, -0.2) is 4.57 Å². The van der Waals surface area contributed by atoms with E-state index in [-0.39, 0.29) is 19.4 Å². The molecular weight excluding hydrogens is 613 g/mol. The van der Waals surface area contributed by atoms with E-state index in [9.17, 15) is 23.8 Å². The van der Waals surface area contributed by atoms with Gasteiger partial charge in [0.05, 0.1) is 13.2 Å². The molecule has 0 rings (SSSR count). The Hall–Kier alpha value is -1.78. The summed E-state index contributed by atoms with van der Waals surface area (Å²) in [6.07, 6.45) is 25.8. The topological polar surface area (TPSA) is 172 Å². The molecule has 0 spiro atoms. The molecule has 0 heterocycles. The summed E-state index contributed by atoms with van der Waals surface area (Å²) < 4.78 is 32.4. The van der Waals surface area contributed by atoms with Gasteiger partial charge in [-0.2, -0.15) is 0 Å². The molecule has 0 aromatic heterocycles. The van der Waals surface area contributed by atoms with Crippen LogP contribution in [0, 0.1) is 0 Å². The summed E-state index contributed by atoms with van der Waals surface area (Å²) in [5.41, 5.74) is 5.30. The number of ether oxygens (including phenoxy) is 2. The standard InChI is InChI=1S/C34H64NO10P/c1-3-5-7-9-11-13-15-16-18-19-21-23-25-32(36)42-27-30(28-43-46(40,41)44-29-31(35)34(38)39)45-33(37)26-24-22-20-17-14-12-10-8-6-4-2/h11,13,30-31H,3-10,12,14-29,35H2,1-2H3,(H,38,39)(H,40,41)/b13-11+/t30-,31+/m1/s1. The highest BCUT2D eigenvalue weighted by Crippen LogP contribution is 2.43. The molecule has 46 heavy (non-hydrogen) atoms. The van der Waals surface area contributed by atoms with Gasteiger partial charge in [-0.1, -0.05) is 116 Å². The zero-order valence-corrected chi connectivity index (χ0v) is 29.6. The summed E-state index contributed by atoms with van der Waals surface area (Å²) in [7, 11) is -4.70. The number of rotatable bonds is 33. The minimum atomic E-state index is -4.70. The summed E-state index contributed by atoms with van der Waals surface area (Å²) in [6, 6.07) is -1.52. The molecule has 0 aromatic carbocycles. The highest BCUT2D eigenvalue weighted by atomic mass is 31.2. The number of unbranched alkanes of at least 4 members (excludes halogenated alkanes) is 17. The zero-order valence-electron chi connectivity index (χ0n) is 28.7. The van der Waals surface area contributed by atoms with Crippen molar-refractivity contribution in [1.29, 1.82) is 0 Å². The molecule has 0 fully saturated rings. The van der Waals surface area contributed by atoms with E-state index < -0.39 is 51.1 Å². The van der Waals surface area contributed by atoms with Crippen LogP contribution in [0.15, 0.2) is 12.2 Å². The normalized spacial score (nSPS) is 14.2. The number of phosphoric ester groups is 1. The first-order valence-corrected chi connectivity index (χ1v) is 19.2. The Balaban J connectivity index is 4.49. The molecule has 0 amide bonds. The van der Waals surface area contributed by atoms with Gasteiger partial charge in [-0.05, 0) is 38.5 Å². The molecule has 0 saturated heterocycles. The Morgan fingerprint density at radius 2 is 1.09 bits per heavy atom. The van der Waals surface area contributed by atoms with E-state index in [1.54, 1.807) is 0 Å². The molecule has 11 nitrogen and oxygen atoms in total. The highest BCUT2D eigenvalue weighted by Gasteiger charge is 2.28. The number of phosphoric acid groups is 1. The lowest BCUT2D eigenvalue weighted by Crippen LogP contribution is -2.34. The Morgan fingerprint density at radius 1 is 0.652 bits per heavy atom. The monoisotopic (exact) mass is 677 g/mol. The van der Waals surface area contributed by atoms with Gasteiger partial charge in [0.25, 0.3) is 0 Å². The van der Waals surface area contributed by atoms with Crippen LogP contribution in [-0.4, -0.2) is 59.9 Å². The predicted octanol–water partition coefficient (Wildman–Crippen LogP) is 8.17. The van der Waals surface area contributed by atoms with Crippen molar-refractivity contribution < 1.29 is 47.5 Å². The third kappa shape index (κ3) is 29.6. The molecule has 0 aromatic rings. The number of carbonyl (C=O) groups is 3. The van der Waals surface area contributed by atoms with E-state index in [0.717, 1.165) is 57.8 Å². The lowest BCUT2D eigenvalue weighted by Gasteiger charge is -2.20. The molecule has 270 valence electrons. The SMILES string of the molecule is CCCCC/C=C/CCCCCCCC(=O)OC[C@H](COP(=O)(O)OC[C@H](N)C(=O)O)OC(=O)CCCCCCCCCCCC. The fourth-order valence-corrected chi connectivity index (χ4v) is 5.42. The number of carboxylic acid groups (broad SMARTS) is 1. The number of nitrogens with two attached hydrogens (primary N) is 1. The van der Waals surface area contributed by atoms with Gasteiger partial charge in [0, 0.05) is 12.8 Å². The summed E-state index contributed by atoms with van der Waals surface area (Å²) >= 11 is 0. The quantitative estimate of drug-likeness (QED) is 0.0265. The Bertz CT molecular complexity index is 854. The van der Waals surface area contributed by atoms with Crippen LogP contribution in [0.25, 0.3) is 0 Å². The molecule has 0 aliphatic carbocycles. The summed E-state index contributed by atoms with van der Waals surface area (Å²) in [4.78, 5) is 45.5. The third-order valence-electron chi connectivity index (χ3n) is 7.51. The van der Waals surface area contributed by atoms with Gasteiger partial charge in [-0.3, -0.25) is 23.4 Å². The fourth-order valence-electron chi connectivity index (χ4n) is 4.65. The molecule has 1 unspecified atom stereocenters. The lowest BCUT2D eigenvalue weighted by molar-refractivity contribution is -0.161. The van der Waals surface area contributed by atoms with Crippen LogP contribution in [0.3, 0.4) is 0 Å². The smallest absolute Gasteiger partial charge is 0.472 e. The Labute approximate surface area is 278 Å². The summed E-state index contributed by atoms with van der Waals surface area (Å²) in [5, 5.41) is 8.83. The van der Waals surface area contributed by atoms with Crippen molar-refractivity contribution in [1.82, 2.24) is 0 Å². The van der Waals surface area contributed by atoms with Crippen LogP contribution in [0.1, 0.15) is 155 Å². The maximum Gasteiger partial charge on any atom is 0.472 e. The van der Waals surface area contributed by atoms with Crippen molar-refractivity contribution in [2.45, 2.75) is 167 Å². The Morgan fingerprint density at radius 3 is 1.63 bits per heavy atom. The molecular formula is C34H64NO10P. The molecule has 0 bridgehead atoms. The van der Waals surface area contributed by atoms with Gasteiger partial charge in [0.2, 0.25) is 0 Å². The van der Waals surface area contributed by atoms with Gasteiger partial charge < -0.3 is 25.2 Å². The first kappa shape index (κ1) is 44.2. The van der Waals surface area contributed by atoms with E-state index in [1.807, 2.05) is 0 Å². The average Bonchev–Trinajstić information content (AvgIpc) is 3.02. The van der Waals surface area contributed by atoms with Crippen LogP contribution < -0.4 is 5.73 Å². The molecule has 12 heteroatoms. The number of carbonyl (C=O) groups excluding carboxylic acids is 2. The van der Waals surface area contributed by atoms with Gasteiger partial charge in [0.15, 0.2) is 6.10 Å². The van der Waals surface area contributed by atoms with Crippen LogP contribution >= 0.6 is 7.82 Å². The molecule has 0 saturated carbocycles. The third-order valence-corrected chi connectivity index (χ3v) is 8.46. The molecule has 0 aliphatic rings. The fraction of sp³-hybridized carbons (Fsp3) is 0.853. The minimum Gasteiger partial charge on any atom is -0.480 e. The minimum absolute atomic E-state index is 0.163. The molecule has 0 aliphatic heterocycles. The number of hydrogen-bond donors (Lipinski definition) is 3. The zero-order chi connectivity index (χ0) is 34.3. The van der Waals surface area contributed by atoms with Crippen LogP contribution in [0.4, 0.5) is 0 Å². The van der Waals surface area contributed by atoms with Crippen LogP contribution in [0.2, 0.25) is 0 Å². The summed E-state index contributed by atoms with van der Waals surface area (Å²) in [6.45, 7) is 2.72. The van der Waals surface area contributed by atoms with Gasteiger partial charge >= 0.3 is 25.7 Å². The maximum atomic E-state index is 12.5.